The summed E-state index contributed by atoms with van der Waals surface area (Å²) in [4.78, 5) is 17.1. The van der Waals surface area contributed by atoms with Gasteiger partial charge in [0.05, 0.1) is 11.0 Å². The molecule has 0 bridgehead atoms. The first kappa shape index (κ1) is 12.9. The Morgan fingerprint density at radius 2 is 1.11 bits per heavy atom. The summed E-state index contributed by atoms with van der Waals surface area (Å²) in [7, 11) is 0. The molecule has 0 fully saturated rings. The van der Waals surface area contributed by atoms with E-state index in [0.29, 0.717) is 0 Å². The first-order chi connectivity index (χ1) is 8.09. The van der Waals surface area contributed by atoms with Crippen molar-refractivity contribution in [2.75, 3.05) is 0 Å². The number of hydrogen-bond donors (Lipinski definition) is 2. The molecule has 1 heterocycles. The fourth-order valence-electron chi connectivity index (χ4n) is 2.32. The molecule has 98 valence electrons. The maximum atomic E-state index is 11.4. The molecule has 0 aliphatic carbocycles. The predicted molar refractivity (Wildman–Crippen MR) is 76.3 cm³/mol. The molecule has 1 aromatic carbocycles. The lowest BCUT2D eigenvalue weighted by Gasteiger charge is -2.30. The van der Waals surface area contributed by atoms with Crippen molar-refractivity contribution >= 4 is 11.0 Å². The zero-order valence-electron chi connectivity index (χ0n) is 12.1. The van der Waals surface area contributed by atoms with Crippen LogP contribution in [0.4, 0.5) is 0 Å². The molecule has 3 nitrogen and oxygen atoms in total. The highest BCUT2D eigenvalue weighted by Gasteiger charge is 2.25. The van der Waals surface area contributed by atoms with Crippen molar-refractivity contribution in [3.05, 3.63) is 33.7 Å². The van der Waals surface area contributed by atoms with Gasteiger partial charge in [0.2, 0.25) is 0 Å². The smallest absolute Gasteiger partial charge is 0.306 e. The average molecular weight is 246 g/mol. The summed E-state index contributed by atoms with van der Waals surface area (Å²) in [5.74, 6) is 0. The van der Waals surface area contributed by atoms with Crippen molar-refractivity contribution in [1.82, 2.24) is 9.97 Å². The van der Waals surface area contributed by atoms with Crippen LogP contribution >= 0.6 is 0 Å². The quantitative estimate of drug-likeness (QED) is 0.735. The normalized spacial score (nSPS) is 13.2. The Balaban J connectivity index is 2.84. The molecule has 0 saturated heterocycles. The maximum Gasteiger partial charge on any atom is 0.323 e. The predicted octanol–water partition coefficient (Wildman–Crippen LogP) is 3.45. The van der Waals surface area contributed by atoms with E-state index in [1.807, 2.05) is 0 Å². The van der Waals surface area contributed by atoms with E-state index in [1.165, 1.54) is 11.1 Å². The Morgan fingerprint density at radius 3 is 1.39 bits per heavy atom. The molecule has 0 aliphatic heterocycles. The monoisotopic (exact) mass is 246 g/mol. The molecule has 0 spiro atoms. The topological polar surface area (TPSA) is 48.6 Å². The van der Waals surface area contributed by atoms with Crippen LogP contribution < -0.4 is 5.69 Å². The van der Waals surface area contributed by atoms with Crippen molar-refractivity contribution in [1.29, 1.82) is 0 Å². The molecule has 18 heavy (non-hydrogen) atoms. The van der Waals surface area contributed by atoms with Crippen LogP contribution in [0.2, 0.25) is 0 Å². The van der Waals surface area contributed by atoms with Crippen molar-refractivity contribution in [2.45, 2.75) is 52.4 Å². The van der Waals surface area contributed by atoms with Gasteiger partial charge in [0.1, 0.15) is 0 Å². The number of imidazole rings is 1. The Hall–Kier alpha value is -1.51. The first-order valence-electron chi connectivity index (χ1n) is 6.36. The summed E-state index contributed by atoms with van der Waals surface area (Å²) in [6.07, 6.45) is 0. The molecule has 0 saturated carbocycles. The van der Waals surface area contributed by atoms with Crippen LogP contribution in [-0.4, -0.2) is 9.97 Å². The number of nitrogens with one attached hydrogen (secondary N) is 2. The SMILES string of the molecule is CC(C)(C)c1cc2[nH]c(=O)[nH]c2cc1C(C)(C)C. The van der Waals surface area contributed by atoms with Gasteiger partial charge in [0.25, 0.3) is 0 Å². The van der Waals surface area contributed by atoms with E-state index in [-0.39, 0.29) is 16.5 Å². The number of hydrogen-bond acceptors (Lipinski definition) is 1. The molecule has 0 amide bonds. The van der Waals surface area contributed by atoms with Crippen molar-refractivity contribution < 1.29 is 0 Å². The van der Waals surface area contributed by atoms with Crippen LogP contribution in [0.1, 0.15) is 52.7 Å². The lowest BCUT2D eigenvalue weighted by molar-refractivity contribution is 0.531. The van der Waals surface area contributed by atoms with E-state index in [2.05, 4.69) is 63.6 Å². The van der Waals surface area contributed by atoms with E-state index in [0.717, 1.165) is 11.0 Å². The number of fused-ring (bicyclic) bond motifs is 1. The zero-order valence-corrected chi connectivity index (χ0v) is 12.1. The van der Waals surface area contributed by atoms with Crippen LogP contribution in [-0.2, 0) is 10.8 Å². The van der Waals surface area contributed by atoms with E-state index in [4.69, 9.17) is 0 Å². The second kappa shape index (κ2) is 3.74. The average Bonchev–Trinajstić information content (AvgIpc) is 2.52. The zero-order chi connectivity index (χ0) is 13.7. The van der Waals surface area contributed by atoms with Gasteiger partial charge < -0.3 is 9.97 Å². The number of H-pyrrole nitrogens is 2. The van der Waals surface area contributed by atoms with E-state index >= 15 is 0 Å². The number of benzene rings is 1. The third-order valence-electron chi connectivity index (χ3n) is 3.27. The Morgan fingerprint density at radius 1 is 0.778 bits per heavy atom. The number of aromatic amines is 2. The minimum absolute atomic E-state index is 0.0605. The van der Waals surface area contributed by atoms with E-state index in [1.54, 1.807) is 0 Å². The van der Waals surface area contributed by atoms with Crippen LogP contribution in [0.15, 0.2) is 16.9 Å². The van der Waals surface area contributed by atoms with Crippen LogP contribution in [0, 0.1) is 0 Å². The van der Waals surface area contributed by atoms with Crippen molar-refractivity contribution in [2.24, 2.45) is 0 Å². The molecular formula is C15H22N2O. The summed E-state index contributed by atoms with van der Waals surface area (Å²) in [5.41, 5.74) is 4.33. The highest BCUT2D eigenvalue weighted by molar-refractivity contribution is 5.77. The van der Waals surface area contributed by atoms with Gasteiger partial charge in [-0.2, -0.15) is 0 Å². The van der Waals surface area contributed by atoms with Gasteiger partial charge in [0, 0.05) is 0 Å². The van der Waals surface area contributed by atoms with Crippen molar-refractivity contribution in [3.63, 3.8) is 0 Å². The Labute approximate surface area is 108 Å². The molecule has 0 aliphatic rings. The molecule has 2 aromatic rings. The van der Waals surface area contributed by atoms with Gasteiger partial charge in [-0.3, -0.25) is 0 Å². The second-order valence-corrected chi connectivity index (χ2v) is 7.02. The number of aromatic nitrogens is 2. The first-order valence-corrected chi connectivity index (χ1v) is 6.36. The largest absolute Gasteiger partial charge is 0.323 e. The Bertz CT molecular complexity index is 579. The molecule has 2 N–H and O–H groups in total. The third kappa shape index (κ3) is 2.22. The van der Waals surface area contributed by atoms with Crippen LogP contribution in [0.3, 0.4) is 0 Å². The van der Waals surface area contributed by atoms with Crippen LogP contribution in [0.5, 0.6) is 0 Å². The molecule has 0 atom stereocenters. The van der Waals surface area contributed by atoms with Crippen LogP contribution in [0.25, 0.3) is 11.0 Å². The van der Waals surface area contributed by atoms with E-state index < -0.39 is 0 Å². The van der Waals surface area contributed by atoms with Gasteiger partial charge in [-0.05, 0) is 34.1 Å². The lowest BCUT2D eigenvalue weighted by Crippen LogP contribution is -2.21. The minimum Gasteiger partial charge on any atom is -0.306 e. The van der Waals surface area contributed by atoms with Gasteiger partial charge >= 0.3 is 5.69 Å². The minimum atomic E-state index is -0.143. The maximum absolute atomic E-state index is 11.4. The lowest BCUT2D eigenvalue weighted by atomic mass is 9.75. The highest BCUT2D eigenvalue weighted by atomic mass is 16.1. The second-order valence-electron chi connectivity index (χ2n) is 7.02. The number of rotatable bonds is 0. The molecule has 1 aromatic heterocycles. The van der Waals surface area contributed by atoms with Gasteiger partial charge in [-0.25, -0.2) is 4.79 Å². The molecule has 3 heteroatoms. The standard InChI is InChI=1S/C15H22N2O/c1-14(2,3)9-7-11-12(17-13(18)16-11)8-10(9)15(4,5)6/h7-8H,1-6H3,(H2,16,17,18). The molecule has 2 rings (SSSR count). The summed E-state index contributed by atoms with van der Waals surface area (Å²) >= 11 is 0. The van der Waals surface area contributed by atoms with Gasteiger partial charge in [-0.15, -0.1) is 0 Å². The summed E-state index contributed by atoms with van der Waals surface area (Å²) < 4.78 is 0. The fourth-order valence-corrected chi connectivity index (χ4v) is 2.32. The van der Waals surface area contributed by atoms with E-state index in [9.17, 15) is 4.79 Å². The Kier molecular flexibility index (Phi) is 2.69. The highest BCUT2D eigenvalue weighted by Crippen LogP contribution is 2.35. The molecule has 0 radical (unpaired) electrons. The molecule has 0 unspecified atom stereocenters. The fraction of sp³-hybridized carbons (Fsp3) is 0.533. The summed E-state index contributed by atoms with van der Waals surface area (Å²) in [5, 5.41) is 0. The van der Waals surface area contributed by atoms with Crippen molar-refractivity contribution in [3.8, 4) is 0 Å². The summed E-state index contributed by atoms with van der Waals surface area (Å²) in [6.45, 7) is 13.2. The van der Waals surface area contributed by atoms with Gasteiger partial charge in [-0.1, -0.05) is 41.5 Å². The molecular weight excluding hydrogens is 224 g/mol. The summed E-state index contributed by atoms with van der Waals surface area (Å²) in [6, 6.07) is 4.21. The van der Waals surface area contributed by atoms with Gasteiger partial charge in [0.15, 0.2) is 0 Å². The third-order valence-corrected chi connectivity index (χ3v) is 3.27.